The van der Waals surface area contributed by atoms with Crippen molar-refractivity contribution in [3.63, 3.8) is 0 Å². The highest BCUT2D eigenvalue weighted by molar-refractivity contribution is 6.32. The Bertz CT molecular complexity index is 634. The summed E-state index contributed by atoms with van der Waals surface area (Å²) in [5, 5.41) is 0.547. The number of likely N-dealkylation sites (N-methyl/N-ethyl adjacent to an activating group) is 1. The Balaban J connectivity index is 2.54. The van der Waals surface area contributed by atoms with Gasteiger partial charge in [-0.05, 0) is 31.2 Å². The smallest absolute Gasteiger partial charge is 0.136 e. The van der Waals surface area contributed by atoms with Crippen LogP contribution in [0.4, 0.5) is 4.39 Å². The average molecular weight is 306 g/mol. The molecule has 1 aromatic rings. The third-order valence-electron chi connectivity index (χ3n) is 3.18. The molecular weight excluding hydrogens is 289 g/mol. The standard InChI is InChI=1S/C17H17ClFNO/c1-4-11-21-16-8-6-7-14(19)17(16)15-10-9-13(18)12(3)20(15)5-2/h4,6-10H,1,3,5,11H2,2H3. The van der Waals surface area contributed by atoms with Crippen LogP contribution in [0, 0.1) is 5.82 Å². The van der Waals surface area contributed by atoms with Gasteiger partial charge in [0.05, 0.1) is 22.0 Å². The van der Waals surface area contributed by atoms with Gasteiger partial charge < -0.3 is 9.64 Å². The lowest BCUT2D eigenvalue weighted by molar-refractivity contribution is 0.357. The third kappa shape index (κ3) is 3.03. The fraction of sp³-hybridized carbons (Fsp3) is 0.176. The van der Waals surface area contributed by atoms with Gasteiger partial charge in [-0.3, -0.25) is 0 Å². The van der Waals surface area contributed by atoms with Crippen molar-refractivity contribution in [2.75, 3.05) is 13.2 Å². The Hall–Kier alpha value is -2.00. The first-order valence-electron chi connectivity index (χ1n) is 6.67. The Morgan fingerprint density at radius 3 is 2.81 bits per heavy atom. The molecule has 0 N–H and O–H groups in total. The second-order valence-corrected chi connectivity index (χ2v) is 4.88. The number of hydrogen-bond acceptors (Lipinski definition) is 2. The summed E-state index contributed by atoms with van der Waals surface area (Å²) in [6, 6.07) is 4.77. The summed E-state index contributed by atoms with van der Waals surface area (Å²) in [6.07, 6.45) is 5.12. The molecule has 0 spiro atoms. The second kappa shape index (κ2) is 6.64. The number of halogens is 2. The Kier molecular flexibility index (Phi) is 4.86. The maximum absolute atomic E-state index is 14.3. The van der Waals surface area contributed by atoms with Crippen LogP contribution in [0.1, 0.15) is 12.5 Å². The van der Waals surface area contributed by atoms with Gasteiger partial charge in [-0.1, -0.05) is 36.9 Å². The molecule has 4 heteroatoms. The van der Waals surface area contributed by atoms with Crippen LogP contribution in [0.2, 0.25) is 0 Å². The maximum atomic E-state index is 14.3. The highest BCUT2D eigenvalue weighted by Crippen LogP contribution is 2.37. The van der Waals surface area contributed by atoms with Crippen LogP contribution < -0.4 is 4.74 Å². The lowest BCUT2D eigenvalue weighted by Gasteiger charge is -2.31. The first-order chi connectivity index (χ1) is 10.1. The minimum atomic E-state index is -0.347. The number of nitrogens with zero attached hydrogens (tertiary/aromatic N) is 1. The molecule has 2 nitrogen and oxygen atoms in total. The molecule has 1 aliphatic rings. The zero-order valence-corrected chi connectivity index (χ0v) is 12.7. The molecule has 0 bridgehead atoms. The topological polar surface area (TPSA) is 12.5 Å². The molecule has 2 rings (SSSR count). The van der Waals surface area contributed by atoms with Gasteiger partial charge in [0.2, 0.25) is 0 Å². The number of rotatable bonds is 5. The summed E-state index contributed by atoms with van der Waals surface area (Å²) in [5.74, 6) is 0.124. The van der Waals surface area contributed by atoms with E-state index in [1.54, 1.807) is 30.4 Å². The molecule has 0 radical (unpaired) electrons. The van der Waals surface area contributed by atoms with Crippen LogP contribution in [0.3, 0.4) is 0 Å². The first-order valence-corrected chi connectivity index (χ1v) is 7.04. The largest absolute Gasteiger partial charge is 0.489 e. The third-order valence-corrected chi connectivity index (χ3v) is 3.53. The Morgan fingerprint density at radius 1 is 1.38 bits per heavy atom. The fourth-order valence-electron chi connectivity index (χ4n) is 2.21. The maximum Gasteiger partial charge on any atom is 0.136 e. The van der Waals surface area contributed by atoms with Gasteiger partial charge in [-0.15, -0.1) is 0 Å². The zero-order chi connectivity index (χ0) is 15.4. The van der Waals surface area contributed by atoms with Gasteiger partial charge in [-0.2, -0.15) is 0 Å². The zero-order valence-electron chi connectivity index (χ0n) is 11.9. The van der Waals surface area contributed by atoms with E-state index in [2.05, 4.69) is 13.2 Å². The molecule has 110 valence electrons. The lowest BCUT2D eigenvalue weighted by atomic mass is 10.0. The van der Waals surface area contributed by atoms with Gasteiger partial charge in [0.15, 0.2) is 0 Å². The fourth-order valence-corrected chi connectivity index (χ4v) is 2.38. The quantitative estimate of drug-likeness (QED) is 0.731. The molecule has 0 unspecified atom stereocenters. The predicted octanol–water partition coefficient (Wildman–Crippen LogP) is 4.70. The molecule has 0 amide bonds. The van der Waals surface area contributed by atoms with Crippen molar-refractivity contribution in [3.8, 4) is 5.75 Å². The predicted molar refractivity (Wildman–Crippen MR) is 85.5 cm³/mol. The summed E-state index contributed by atoms with van der Waals surface area (Å²) in [6.45, 7) is 10.5. The molecule has 0 saturated carbocycles. The Morgan fingerprint density at radius 2 is 2.14 bits per heavy atom. The van der Waals surface area contributed by atoms with Crippen molar-refractivity contribution in [1.29, 1.82) is 0 Å². The summed E-state index contributed by atoms with van der Waals surface area (Å²) >= 11 is 6.09. The molecule has 21 heavy (non-hydrogen) atoms. The molecule has 0 saturated heterocycles. The summed E-state index contributed by atoms with van der Waals surface area (Å²) in [4.78, 5) is 1.86. The molecule has 1 aliphatic heterocycles. The van der Waals surface area contributed by atoms with E-state index in [1.807, 2.05) is 11.8 Å². The molecule has 1 aromatic carbocycles. The minimum absolute atomic E-state index is 0.313. The van der Waals surface area contributed by atoms with E-state index in [1.165, 1.54) is 6.07 Å². The highest BCUT2D eigenvalue weighted by atomic mass is 35.5. The summed E-state index contributed by atoms with van der Waals surface area (Å²) in [5.41, 5.74) is 1.74. The number of allylic oxidation sites excluding steroid dienone is 3. The van der Waals surface area contributed by atoms with Crippen LogP contribution in [0.5, 0.6) is 5.75 Å². The van der Waals surface area contributed by atoms with Crippen molar-refractivity contribution in [3.05, 3.63) is 71.7 Å². The minimum Gasteiger partial charge on any atom is -0.489 e. The van der Waals surface area contributed by atoms with Crippen LogP contribution >= 0.6 is 11.6 Å². The number of hydrogen-bond donors (Lipinski definition) is 0. The number of ether oxygens (including phenoxy) is 1. The molecular formula is C17H17ClFNO. The molecule has 1 heterocycles. The Labute approximate surface area is 129 Å². The van der Waals surface area contributed by atoms with E-state index >= 15 is 0 Å². The van der Waals surface area contributed by atoms with E-state index in [0.29, 0.717) is 40.9 Å². The van der Waals surface area contributed by atoms with Crippen molar-refractivity contribution in [2.24, 2.45) is 0 Å². The molecule has 0 aromatic heterocycles. The van der Waals surface area contributed by atoms with E-state index < -0.39 is 0 Å². The summed E-state index contributed by atoms with van der Waals surface area (Å²) in [7, 11) is 0. The van der Waals surface area contributed by atoms with Crippen molar-refractivity contribution in [2.45, 2.75) is 6.92 Å². The van der Waals surface area contributed by atoms with Gasteiger partial charge in [0, 0.05) is 6.54 Å². The monoisotopic (exact) mass is 305 g/mol. The SMILES string of the molecule is C=CCOc1cccc(F)c1C1=CC=C(Cl)C(=C)N1CC. The highest BCUT2D eigenvalue weighted by Gasteiger charge is 2.23. The van der Waals surface area contributed by atoms with Gasteiger partial charge >= 0.3 is 0 Å². The van der Waals surface area contributed by atoms with Crippen LogP contribution in [-0.4, -0.2) is 18.1 Å². The second-order valence-electron chi connectivity index (χ2n) is 4.47. The van der Waals surface area contributed by atoms with Crippen LogP contribution in [0.15, 0.2) is 60.3 Å². The van der Waals surface area contributed by atoms with E-state index in [9.17, 15) is 4.39 Å². The van der Waals surface area contributed by atoms with E-state index in [0.717, 1.165) is 0 Å². The van der Waals surface area contributed by atoms with Crippen LogP contribution in [0.25, 0.3) is 5.70 Å². The van der Waals surface area contributed by atoms with Crippen molar-refractivity contribution in [1.82, 2.24) is 4.90 Å². The molecule has 0 aliphatic carbocycles. The van der Waals surface area contributed by atoms with E-state index in [4.69, 9.17) is 16.3 Å². The molecule has 0 fully saturated rings. The van der Waals surface area contributed by atoms with Gasteiger partial charge in [0.1, 0.15) is 18.2 Å². The average Bonchev–Trinajstić information content (AvgIpc) is 2.48. The van der Waals surface area contributed by atoms with E-state index in [-0.39, 0.29) is 5.82 Å². The van der Waals surface area contributed by atoms with Gasteiger partial charge in [-0.25, -0.2) is 4.39 Å². The molecule has 0 atom stereocenters. The van der Waals surface area contributed by atoms with Crippen LogP contribution in [-0.2, 0) is 0 Å². The number of benzene rings is 1. The first kappa shape index (κ1) is 15.4. The summed E-state index contributed by atoms with van der Waals surface area (Å²) < 4.78 is 19.9. The van der Waals surface area contributed by atoms with Crippen molar-refractivity contribution < 1.29 is 9.13 Å². The lowest BCUT2D eigenvalue weighted by Crippen LogP contribution is -2.24. The van der Waals surface area contributed by atoms with Crippen molar-refractivity contribution >= 4 is 17.3 Å². The normalized spacial score (nSPS) is 14.6. The van der Waals surface area contributed by atoms with Gasteiger partial charge in [0.25, 0.3) is 0 Å².